The van der Waals surface area contributed by atoms with Crippen LogP contribution in [0.5, 0.6) is 11.5 Å². The molecule has 0 unspecified atom stereocenters. The minimum atomic E-state index is -3.91. The van der Waals surface area contributed by atoms with Crippen molar-refractivity contribution < 1.29 is 27.5 Å². The van der Waals surface area contributed by atoms with Gasteiger partial charge in [0.15, 0.2) is 17.3 Å². The average Bonchev–Trinajstić information content (AvgIpc) is 3.24. The molecular weight excluding hydrogens is 408 g/mol. The number of methoxy groups -OCH3 is 2. The quantitative estimate of drug-likeness (QED) is 0.675. The van der Waals surface area contributed by atoms with Crippen LogP contribution in [0.25, 0.3) is 0 Å². The standard InChI is InChI=1S/C21H24N2O6S/c1-14(24)15-6-8-16(9-7-15)22-21(25)18-5-4-12-23(18)30(26,27)17-10-11-19(28-2)20(13-17)29-3/h6-11,13,18H,4-5,12H2,1-3H3,(H,22,25)/t18-/m1/s1. The van der Waals surface area contributed by atoms with Crippen LogP contribution in [0.15, 0.2) is 47.4 Å². The first-order chi connectivity index (χ1) is 14.3. The highest BCUT2D eigenvalue weighted by atomic mass is 32.2. The Morgan fingerprint density at radius 3 is 2.30 bits per heavy atom. The van der Waals surface area contributed by atoms with Gasteiger partial charge in [0.25, 0.3) is 0 Å². The number of nitrogens with zero attached hydrogens (tertiary/aromatic N) is 1. The van der Waals surface area contributed by atoms with Crippen LogP contribution >= 0.6 is 0 Å². The molecule has 2 aromatic carbocycles. The highest BCUT2D eigenvalue weighted by Gasteiger charge is 2.39. The molecule has 0 spiro atoms. The number of hydrogen-bond acceptors (Lipinski definition) is 6. The van der Waals surface area contributed by atoms with Crippen LogP contribution in [0.4, 0.5) is 5.69 Å². The Balaban J connectivity index is 1.81. The Morgan fingerprint density at radius 1 is 1.03 bits per heavy atom. The van der Waals surface area contributed by atoms with Crippen molar-refractivity contribution in [1.82, 2.24) is 4.31 Å². The molecule has 0 bridgehead atoms. The summed E-state index contributed by atoms with van der Waals surface area (Å²) in [5.41, 5.74) is 1.03. The van der Waals surface area contributed by atoms with Crippen LogP contribution in [0, 0.1) is 0 Å². The van der Waals surface area contributed by atoms with Crippen molar-refractivity contribution in [2.24, 2.45) is 0 Å². The lowest BCUT2D eigenvalue weighted by Gasteiger charge is -2.24. The lowest BCUT2D eigenvalue weighted by molar-refractivity contribution is -0.119. The van der Waals surface area contributed by atoms with Gasteiger partial charge in [0, 0.05) is 23.9 Å². The number of amides is 1. The molecule has 1 atom stereocenters. The zero-order chi connectivity index (χ0) is 21.9. The number of benzene rings is 2. The average molecular weight is 432 g/mol. The number of ether oxygens (including phenoxy) is 2. The van der Waals surface area contributed by atoms with Gasteiger partial charge in [0.2, 0.25) is 15.9 Å². The van der Waals surface area contributed by atoms with Gasteiger partial charge >= 0.3 is 0 Å². The van der Waals surface area contributed by atoms with E-state index in [-0.39, 0.29) is 17.2 Å². The minimum Gasteiger partial charge on any atom is -0.493 e. The molecule has 0 radical (unpaired) electrons. The van der Waals surface area contributed by atoms with Crippen molar-refractivity contribution in [2.45, 2.75) is 30.7 Å². The van der Waals surface area contributed by atoms with Gasteiger partial charge in [-0.25, -0.2) is 8.42 Å². The van der Waals surface area contributed by atoms with Gasteiger partial charge in [0.1, 0.15) is 6.04 Å². The van der Waals surface area contributed by atoms with Crippen LogP contribution < -0.4 is 14.8 Å². The van der Waals surface area contributed by atoms with Gasteiger partial charge in [0.05, 0.1) is 19.1 Å². The van der Waals surface area contributed by atoms with Crippen molar-refractivity contribution in [3.05, 3.63) is 48.0 Å². The molecule has 1 N–H and O–H groups in total. The molecule has 8 nitrogen and oxygen atoms in total. The Bertz CT molecular complexity index is 1050. The zero-order valence-electron chi connectivity index (χ0n) is 17.0. The fourth-order valence-electron chi connectivity index (χ4n) is 3.42. The summed E-state index contributed by atoms with van der Waals surface area (Å²) in [7, 11) is -1.01. The van der Waals surface area contributed by atoms with E-state index >= 15 is 0 Å². The minimum absolute atomic E-state index is 0.0330. The van der Waals surface area contributed by atoms with Crippen molar-refractivity contribution in [1.29, 1.82) is 0 Å². The lowest BCUT2D eigenvalue weighted by atomic mass is 10.1. The normalized spacial score (nSPS) is 16.8. The van der Waals surface area contributed by atoms with E-state index in [1.54, 1.807) is 24.3 Å². The van der Waals surface area contributed by atoms with Crippen LogP contribution in [0.2, 0.25) is 0 Å². The summed E-state index contributed by atoms with van der Waals surface area (Å²) in [4.78, 5) is 24.2. The van der Waals surface area contributed by atoms with E-state index in [2.05, 4.69) is 5.32 Å². The van der Waals surface area contributed by atoms with E-state index < -0.39 is 22.0 Å². The summed E-state index contributed by atoms with van der Waals surface area (Å²) in [6, 6.07) is 10.00. The summed E-state index contributed by atoms with van der Waals surface area (Å²) < 4.78 is 38.0. The van der Waals surface area contributed by atoms with Crippen molar-refractivity contribution >= 4 is 27.4 Å². The molecule has 0 saturated carbocycles. The summed E-state index contributed by atoms with van der Waals surface area (Å²) in [5.74, 6) is 0.230. The number of ketones is 1. The first-order valence-electron chi connectivity index (χ1n) is 9.43. The van der Waals surface area contributed by atoms with E-state index in [4.69, 9.17) is 9.47 Å². The van der Waals surface area contributed by atoms with Crippen LogP contribution in [0.3, 0.4) is 0 Å². The monoisotopic (exact) mass is 432 g/mol. The van der Waals surface area contributed by atoms with E-state index in [0.29, 0.717) is 35.6 Å². The summed E-state index contributed by atoms with van der Waals surface area (Å²) >= 11 is 0. The van der Waals surface area contributed by atoms with Crippen molar-refractivity contribution in [3.8, 4) is 11.5 Å². The van der Waals surface area contributed by atoms with Gasteiger partial charge < -0.3 is 14.8 Å². The molecule has 30 heavy (non-hydrogen) atoms. The first-order valence-corrected chi connectivity index (χ1v) is 10.9. The number of anilines is 1. The third-order valence-electron chi connectivity index (χ3n) is 5.03. The molecule has 9 heteroatoms. The second kappa shape index (κ2) is 8.85. The Hall–Kier alpha value is -2.91. The molecule has 2 aromatic rings. The Morgan fingerprint density at radius 2 is 1.70 bits per heavy atom. The molecule has 0 aromatic heterocycles. The van der Waals surface area contributed by atoms with E-state index in [9.17, 15) is 18.0 Å². The number of nitrogens with one attached hydrogen (secondary N) is 1. The van der Waals surface area contributed by atoms with E-state index in [1.807, 2.05) is 0 Å². The van der Waals surface area contributed by atoms with Crippen LogP contribution in [0.1, 0.15) is 30.1 Å². The van der Waals surface area contributed by atoms with Crippen LogP contribution in [-0.4, -0.2) is 51.2 Å². The first kappa shape index (κ1) is 21.8. The second-order valence-corrected chi connectivity index (χ2v) is 8.80. The van der Waals surface area contributed by atoms with Crippen LogP contribution in [-0.2, 0) is 14.8 Å². The van der Waals surface area contributed by atoms with E-state index in [1.165, 1.54) is 43.6 Å². The molecule has 0 aliphatic carbocycles. The Kier molecular flexibility index (Phi) is 6.42. The summed E-state index contributed by atoms with van der Waals surface area (Å²) in [6.07, 6.45) is 0.998. The number of carbonyl (C=O) groups is 2. The highest BCUT2D eigenvalue weighted by molar-refractivity contribution is 7.89. The van der Waals surface area contributed by atoms with Gasteiger partial charge in [-0.2, -0.15) is 4.31 Å². The molecule has 3 rings (SSSR count). The van der Waals surface area contributed by atoms with Gasteiger partial charge in [-0.1, -0.05) is 0 Å². The van der Waals surface area contributed by atoms with Gasteiger partial charge in [-0.3, -0.25) is 9.59 Å². The molecule has 1 aliphatic rings. The van der Waals surface area contributed by atoms with Gasteiger partial charge in [-0.15, -0.1) is 0 Å². The number of Topliss-reactive ketones (excluding diaryl/α,β-unsaturated/α-hetero) is 1. The second-order valence-electron chi connectivity index (χ2n) is 6.91. The lowest BCUT2D eigenvalue weighted by Crippen LogP contribution is -2.43. The summed E-state index contributed by atoms with van der Waals surface area (Å²) in [5, 5.41) is 2.74. The fraction of sp³-hybridized carbons (Fsp3) is 0.333. The fourth-order valence-corrected chi connectivity index (χ4v) is 5.09. The Labute approximate surface area is 175 Å². The molecule has 1 heterocycles. The molecule has 1 amide bonds. The number of sulfonamides is 1. The smallest absolute Gasteiger partial charge is 0.243 e. The predicted octanol–water partition coefficient (Wildman–Crippen LogP) is 2.70. The topological polar surface area (TPSA) is 102 Å². The SMILES string of the molecule is COc1ccc(S(=O)(=O)N2CCC[C@@H]2C(=O)Nc2ccc(C(C)=O)cc2)cc1OC. The zero-order valence-corrected chi connectivity index (χ0v) is 17.9. The maximum absolute atomic E-state index is 13.2. The number of hydrogen-bond donors (Lipinski definition) is 1. The van der Waals surface area contributed by atoms with Crippen molar-refractivity contribution in [3.63, 3.8) is 0 Å². The number of rotatable bonds is 7. The maximum Gasteiger partial charge on any atom is 0.243 e. The third-order valence-corrected chi connectivity index (χ3v) is 6.93. The molecule has 1 saturated heterocycles. The maximum atomic E-state index is 13.2. The molecule has 1 fully saturated rings. The number of carbonyl (C=O) groups excluding carboxylic acids is 2. The highest BCUT2D eigenvalue weighted by Crippen LogP contribution is 2.33. The third kappa shape index (κ3) is 4.31. The molecular formula is C21H24N2O6S. The largest absolute Gasteiger partial charge is 0.493 e. The predicted molar refractivity (Wildman–Crippen MR) is 112 cm³/mol. The molecule has 160 valence electrons. The molecule has 1 aliphatic heterocycles. The van der Waals surface area contributed by atoms with E-state index in [0.717, 1.165) is 0 Å². The van der Waals surface area contributed by atoms with Gasteiger partial charge in [-0.05, 0) is 56.2 Å². The summed E-state index contributed by atoms with van der Waals surface area (Å²) in [6.45, 7) is 1.71. The van der Waals surface area contributed by atoms with Crippen molar-refractivity contribution in [2.75, 3.05) is 26.1 Å².